The number of urea groups is 1. The zero-order valence-electron chi connectivity index (χ0n) is 10.3. The molecule has 7 heteroatoms. The number of halogens is 1. The minimum absolute atomic E-state index is 0.0414. The van der Waals surface area contributed by atoms with Gasteiger partial charge in [-0.15, -0.1) is 0 Å². The number of carbonyl (C=O) groups excluding carboxylic acids is 1. The molecule has 0 bridgehead atoms. The van der Waals surface area contributed by atoms with Crippen LogP contribution in [-0.4, -0.2) is 34.9 Å². The van der Waals surface area contributed by atoms with E-state index in [0.29, 0.717) is 5.69 Å². The number of hydrogen-bond donors (Lipinski definition) is 4. The van der Waals surface area contributed by atoms with E-state index < -0.39 is 18.1 Å². The fourth-order valence-electron chi connectivity index (χ4n) is 1.43. The quantitative estimate of drug-likeness (QED) is 0.660. The van der Waals surface area contributed by atoms with Gasteiger partial charge < -0.3 is 20.8 Å². The summed E-state index contributed by atoms with van der Waals surface area (Å²) in [5.41, 5.74) is 1.62. The molecule has 0 aliphatic rings. The molecule has 0 aromatic heterocycles. The van der Waals surface area contributed by atoms with Crippen LogP contribution < -0.4 is 10.6 Å². The van der Waals surface area contributed by atoms with Crippen molar-refractivity contribution in [3.05, 3.63) is 28.2 Å². The molecule has 1 aromatic carbocycles. The third-order valence-corrected chi connectivity index (χ3v) is 2.75. The van der Waals surface area contributed by atoms with Crippen LogP contribution >= 0.6 is 15.9 Å². The van der Waals surface area contributed by atoms with Gasteiger partial charge in [0.05, 0.1) is 0 Å². The van der Waals surface area contributed by atoms with Gasteiger partial charge in [0.1, 0.15) is 0 Å². The number of carbonyl (C=O) groups is 2. The molecule has 0 saturated carbocycles. The summed E-state index contributed by atoms with van der Waals surface area (Å²) in [6.07, 6.45) is -1.51. The van der Waals surface area contributed by atoms with E-state index in [1.54, 1.807) is 12.1 Å². The molecule has 1 atom stereocenters. The number of aliphatic carboxylic acids is 1. The first-order chi connectivity index (χ1) is 8.88. The van der Waals surface area contributed by atoms with E-state index >= 15 is 0 Å². The number of benzene rings is 1. The van der Waals surface area contributed by atoms with Crippen LogP contribution in [0.4, 0.5) is 10.5 Å². The van der Waals surface area contributed by atoms with Gasteiger partial charge in [-0.05, 0) is 30.7 Å². The van der Waals surface area contributed by atoms with Crippen molar-refractivity contribution in [1.29, 1.82) is 0 Å². The van der Waals surface area contributed by atoms with E-state index in [2.05, 4.69) is 26.6 Å². The number of carboxylic acid groups (broad SMARTS) is 1. The summed E-state index contributed by atoms with van der Waals surface area (Å²) in [7, 11) is 0. The van der Waals surface area contributed by atoms with Gasteiger partial charge in [-0.3, -0.25) is 0 Å². The first-order valence-electron chi connectivity index (χ1n) is 5.61. The van der Waals surface area contributed by atoms with E-state index in [0.717, 1.165) is 10.0 Å². The van der Waals surface area contributed by atoms with Crippen LogP contribution in [0.25, 0.3) is 0 Å². The summed E-state index contributed by atoms with van der Waals surface area (Å²) in [5.74, 6) is -1.30. The van der Waals surface area contributed by atoms with E-state index in [4.69, 9.17) is 10.2 Å². The maximum absolute atomic E-state index is 11.5. The number of carboxylic acids is 1. The van der Waals surface area contributed by atoms with Crippen molar-refractivity contribution in [1.82, 2.24) is 5.32 Å². The minimum atomic E-state index is -1.46. The van der Waals surface area contributed by atoms with Gasteiger partial charge in [0.2, 0.25) is 0 Å². The summed E-state index contributed by atoms with van der Waals surface area (Å²) < 4.78 is 0.851. The Labute approximate surface area is 118 Å². The van der Waals surface area contributed by atoms with E-state index in [1.807, 2.05) is 13.0 Å². The topological polar surface area (TPSA) is 98.7 Å². The second kappa shape index (κ2) is 7.10. The van der Waals surface area contributed by atoms with Gasteiger partial charge in [-0.2, -0.15) is 0 Å². The van der Waals surface area contributed by atoms with Gasteiger partial charge in [-0.25, -0.2) is 9.59 Å². The SMILES string of the molecule is Cc1cc(Br)cc(NC(=O)NCC[C@H](O)C(=O)O)c1. The number of aliphatic hydroxyl groups is 1. The first kappa shape index (κ1) is 15.5. The molecule has 104 valence electrons. The lowest BCUT2D eigenvalue weighted by molar-refractivity contribution is -0.146. The highest BCUT2D eigenvalue weighted by molar-refractivity contribution is 9.10. The molecule has 2 amide bonds. The number of hydrogen-bond acceptors (Lipinski definition) is 3. The van der Waals surface area contributed by atoms with Crippen LogP contribution in [0.1, 0.15) is 12.0 Å². The Morgan fingerprint density at radius 2 is 2.05 bits per heavy atom. The third kappa shape index (κ3) is 5.71. The molecule has 0 aliphatic carbocycles. The van der Waals surface area contributed by atoms with Crippen LogP contribution in [0.2, 0.25) is 0 Å². The lowest BCUT2D eigenvalue weighted by Crippen LogP contribution is -2.33. The predicted octanol–water partition coefficient (Wildman–Crippen LogP) is 1.71. The van der Waals surface area contributed by atoms with Crippen molar-refractivity contribution in [2.75, 3.05) is 11.9 Å². The third-order valence-electron chi connectivity index (χ3n) is 2.29. The molecule has 19 heavy (non-hydrogen) atoms. The summed E-state index contributed by atoms with van der Waals surface area (Å²) in [4.78, 5) is 21.9. The summed E-state index contributed by atoms with van der Waals surface area (Å²) >= 11 is 3.32. The van der Waals surface area contributed by atoms with Crippen LogP contribution in [0, 0.1) is 6.92 Å². The zero-order valence-corrected chi connectivity index (χ0v) is 11.9. The Kier molecular flexibility index (Phi) is 5.78. The second-order valence-corrected chi connectivity index (χ2v) is 4.96. The lowest BCUT2D eigenvalue weighted by atomic mass is 10.2. The minimum Gasteiger partial charge on any atom is -0.479 e. The van der Waals surface area contributed by atoms with Gasteiger partial charge >= 0.3 is 12.0 Å². The first-order valence-corrected chi connectivity index (χ1v) is 6.40. The van der Waals surface area contributed by atoms with Gasteiger partial charge in [0.15, 0.2) is 6.10 Å². The van der Waals surface area contributed by atoms with E-state index in [1.165, 1.54) is 0 Å². The smallest absolute Gasteiger partial charge is 0.332 e. The van der Waals surface area contributed by atoms with Crippen molar-refractivity contribution in [3.63, 3.8) is 0 Å². The van der Waals surface area contributed by atoms with Crippen LogP contribution in [-0.2, 0) is 4.79 Å². The zero-order chi connectivity index (χ0) is 14.4. The molecule has 1 rings (SSSR count). The molecule has 4 N–H and O–H groups in total. The van der Waals surface area contributed by atoms with Crippen molar-refractivity contribution in [2.24, 2.45) is 0 Å². The number of anilines is 1. The predicted molar refractivity (Wildman–Crippen MR) is 74.2 cm³/mol. The highest BCUT2D eigenvalue weighted by Crippen LogP contribution is 2.18. The number of amides is 2. The second-order valence-electron chi connectivity index (χ2n) is 4.04. The molecule has 1 aromatic rings. The molecule has 0 unspecified atom stereocenters. The largest absolute Gasteiger partial charge is 0.479 e. The molecule has 0 fully saturated rings. The highest BCUT2D eigenvalue weighted by atomic mass is 79.9. The Bertz CT molecular complexity index is 459. The van der Waals surface area contributed by atoms with E-state index in [9.17, 15) is 9.59 Å². The number of aryl methyl sites for hydroxylation is 1. The standard InChI is InChI=1S/C12H15BrN2O4/c1-7-4-8(13)6-9(5-7)15-12(19)14-3-2-10(16)11(17)18/h4-6,10,16H,2-3H2,1H3,(H,17,18)(H2,14,15,19)/t10-/m0/s1. The van der Waals surface area contributed by atoms with Crippen molar-refractivity contribution in [2.45, 2.75) is 19.4 Å². The number of aliphatic hydroxyl groups excluding tert-OH is 1. The Morgan fingerprint density at radius 1 is 1.37 bits per heavy atom. The van der Waals surface area contributed by atoms with Gasteiger partial charge in [0.25, 0.3) is 0 Å². The fraction of sp³-hybridized carbons (Fsp3) is 0.333. The fourth-order valence-corrected chi connectivity index (χ4v) is 2.04. The lowest BCUT2D eigenvalue weighted by Gasteiger charge is -2.09. The summed E-state index contributed by atoms with van der Waals surface area (Å²) in [6, 6.07) is 5.01. The normalized spacial score (nSPS) is 11.7. The Hall–Kier alpha value is -1.60. The average Bonchev–Trinajstić information content (AvgIpc) is 2.26. The number of nitrogens with one attached hydrogen (secondary N) is 2. The maximum Gasteiger partial charge on any atom is 0.332 e. The van der Waals surface area contributed by atoms with Crippen LogP contribution in [0.3, 0.4) is 0 Å². The van der Waals surface area contributed by atoms with E-state index in [-0.39, 0.29) is 13.0 Å². The number of rotatable bonds is 5. The molecule has 6 nitrogen and oxygen atoms in total. The average molecular weight is 331 g/mol. The molecule has 0 saturated heterocycles. The summed E-state index contributed by atoms with van der Waals surface area (Å²) in [6.45, 7) is 1.98. The molecular formula is C12H15BrN2O4. The summed E-state index contributed by atoms with van der Waals surface area (Å²) in [5, 5.41) is 22.6. The van der Waals surface area contributed by atoms with Gasteiger partial charge in [-0.1, -0.05) is 15.9 Å². The maximum atomic E-state index is 11.5. The van der Waals surface area contributed by atoms with Crippen molar-refractivity contribution >= 4 is 33.6 Å². The van der Waals surface area contributed by atoms with Crippen LogP contribution in [0.5, 0.6) is 0 Å². The highest BCUT2D eigenvalue weighted by Gasteiger charge is 2.12. The van der Waals surface area contributed by atoms with Crippen molar-refractivity contribution < 1.29 is 19.8 Å². The molecule has 0 spiro atoms. The van der Waals surface area contributed by atoms with Crippen molar-refractivity contribution in [3.8, 4) is 0 Å². The monoisotopic (exact) mass is 330 g/mol. The van der Waals surface area contributed by atoms with Crippen LogP contribution in [0.15, 0.2) is 22.7 Å². The van der Waals surface area contributed by atoms with Gasteiger partial charge in [0, 0.05) is 23.1 Å². The Morgan fingerprint density at radius 3 is 2.63 bits per heavy atom. The Balaban J connectivity index is 2.41. The molecular weight excluding hydrogens is 316 g/mol. The molecule has 0 radical (unpaired) electrons. The molecule has 0 aliphatic heterocycles. The molecule has 0 heterocycles.